The standard InChI is InChI=1S/C13H15ClN2O5/c1-15-13(12(17)18,8-2-3-8)7-21-11-6-9(16(19)20)4-5-10(11)14/h4-6,8,15H,2-3,7H2,1H3,(H,17,18). The molecule has 0 amide bonds. The number of non-ortho nitro benzene ring substituents is 1. The molecule has 1 saturated carbocycles. The van der Waals surface area contributed by atoms with Gasteiger partial charge in [0.25, 0.3) is 5.69 Å². The number of hydrogen-bond donors (Lipinski definition) is 2. The molecule has 0 heterocycles. The predicted molar refractivity (Wildman–Crippen MR) is 75.8 cm³/mol. The quantitative estimate of drug-likeness (QED) is 0.590. The topological polar surface area (TPSA) is 102 Å². The minimum absolute atomic E-state index is 0.0162. The van der Waals surface area contributed by atoms with Crippen molar-refractivity contribution in [2.24, 2.45) is 5.92 Å². The largest absolute Gasteiger partial charge is 0.489 e. The van der Waals surface area contributed by atoms with Gasteiger partial charge in [-0.3, -0.25) is 14.9 Å². The molecule has 7 nitrogen and oxygen atoms in total. The normalized spacial score (nSPS) is 17.0. The number of carbonyl (C=O) groups is 1. The van der Waals surface area contributed by atoms with Crippen LogP contribution < -0.4 is 10.1 Å². The molecule has 8 heteroatoms. The minimum Gasteiger partial charge on any atom is -0.489 e. The molecule has 21 heavy (non-hydrogen) atoms. The number of carboxylic acids is 1. The zero-order chi connectivity index (χ0) is 15.6. The predicted octanol–water partition coefficient (Wildman–Crippen LogP) is 2.08. The first kappa shape index (κ1) is 15.5. The molecule has 2 rings (SSSR count). The van der Waals surface area contributed by atoms with Crippen molar-refractivity contribution in [1.29, 1.82) is 0 Å². The summed E-state index contributed by atoms with van der Waals surface area (Å²) in [5, 5.41) is 23.2. The molecule has 0 aliphatic heterocycles. The van der Waals surface area contributed by atoms with Crippen LogP contribution in [0.1, 0.15) is 12.8 Å². The molecule has 1 atom stereocenters. The van der Waals surface area contributed by atoms with Crippen molar-refractivity contribution < 1.29 is 19.6 Å². The van der Waals surface area contributed by atoms with Gasteiger partial charge in [0, 0.05) is 6.07 Å². The lowest BCUT2D eigenvalue weighted by Crippen LogP contribution is -2.56. The number of benzene rings is 1. The lowest BCUT2D eigenvalue weighted by Gasteiger charge is -2.29. The molecule has 114 valence electrons. The average molecular weight is 315 g/mol. The van der Waals surface area contributed by atoms with Gasteiger partial charge in [-0.1, -0.05) is 11.6 Å². The Hall–Kier alpha value is -1.86. The summed E-state index contributed by atoms with van der Waals surface area (Å²) in [6.45, 7) is -0.148. The summed E-state index contributed by atoms with van der Waals surface area (Å²) in [5.74, 6) is -0.918. The van der Waals surface area contributed by atoms with Gasteiger partial charge < -0.3 is 15.2 Å². The molecule has 1 aromatic carbocycles. The van der Waals surface area contributed by atoms with Crippen molar-refractivity contribution >= 4 is 23.3 Å². The lowest BCUT2D eigenvalue weighted by atomic mass is 9.94. The molecule has 0 saturated heterocycles. The van der Waals surface area contributed by atoms with Crippen molar-refractivity contribution in [3.05, 3.63) is 33.3 Å². The molecule has 2 N–H and O–H groups in total. The van der Waals surface area contributed by atoms with Gasteiger partial charge in [0.2, 0.25) is 0 Å². The van der Waals surface area contributed by atoms with Gasteiger partial charge in [-0.25, -0.2) is 0 Å². The highest BCUT2D eigenvalue weighted by Crippen LogP contribution is 2.40. The van der Waals surface area contributed by atoms with E-state index in [1.807, 2.05) is 0 Å². The Morgan fingerprint density at radius 3 is 2.76 bits per heavy atom. The number of halogens is 1. The number of nitrogens with zero attached hydrogens (tertiary/aromatic N) is 1. The Morgan fingerprint density at radius 2 is 2.29 bits per heavy atom. The third-order valence-corrected chi connectivity index (χ3v) is 4.00. The maximum atomic E-state index is 11.5. The fourth-order valence-corrected chi connectivity index (χ4v) is 2.39. The fourth-order valence-electron chi connectivity index (χ4n) is 2.22. The molecule has 1 aromatic rings. The van der Waals surface area contributed by atoms with E-state index in [1.165, 1.54) is 18.2 Å². The van der Waals surface area contributed by atoms with Gasteiger partial charge >= 0.3 is 5.97 Å². The van der Waals surface area contributed by atoms with Gasteiger partial charge in [0.05, 0.1) is 16.0 Å². The number of ether oxygens (including phenoxy) is 1. The number of aliphatic carboxylic acids is 1. The molecular formula is C13H15ClN2O5. The number of nitrogens with one attached hydrogen (secondary N) is 1. The van der Waals surface area contributed by atoms with Gasteiger partial charge in [0.1, 0.15) is 12.4 Å². The Morgan fingerprint density at radius 1 is 1.62 bits per heavy atom. The van der Waals surface area contributed by atoms with Gasteiger partial charge in [-0.05, 0) is 31.9 Å². The molecule has 0 bridgehead atoms. The third-order valence-electron chi connectivity index (χ3n) is 3.68. The Bertz CT molecular complexity index is 576. The number of likely N-dealkylation sites (N-methyl/N-ethyl adjacent to an activating group) is 1. The van der Waals surface area contributed by atoms with Crippen LogP contribution in [0.25, 0.3) is 0 Å². The van der Waals surface area contributed by atoms with Gasteiger partial charge in [-0.2, -0.15) is 0 Å². The van der Waals surface area contributed by atoms with E-state index in [0.717, 1.165) is 12.8 Å². The van der Waals surface area contributed by atoms with E-state index in [9.17, 15) is 20.0 Å². The highest BCUT2D eigenvalue weighted by molar-refractivity contribution is 6.32. The highest BCUT2D eigenvalue weighted by atomic mass is 35.5. The SMILES string of the molecule is CNC(COc1cc([N+](=O)[O-])ccc1Cl)(C(=O)O)C1CC1. The summed E-state index contributed by atoms with van der Waals surface area (Å²) in [4.78, 5) is 21.7. The second-order valence-corrected chi connectivity index (χ2v) is 5.37. The van der Waals surface area contributed by atoms with E-state index in [1.54, 1.807) is 7.05 Å². The van der Waals surface area contributed by atoms with E-state index in [2.05, 4.69) is 5.32 Å². The van der Waals surface area contributed by atoms with Crippen LogP contribution in [0.15, 0.2) is 18.2 Å². The van der Waals surface area contributed by atoms with Crippen molar-refractivity contribution in [2.45, 2.75) is 18.4 Å². The van der Waals surface area contributed by atoms with Crippen LogP contribution in [-0.4, -0.2) is 35.2 Å². The molecule has 1 aliphatic rings. The first-order valence-corrected chi connectivity index (χ1v) is 6.77. The van der Waals surface area contributed by atoms with Crippen LogP contribution in [0.5, 0.6) is 5.75 Å². The summed E-state index contributed by atoms with van der Waals surface area (Å²) in [5.41, 5.74) is -1.36. The Balaban J connectivity index is 2.19. The van der Waals surface area contributed by atoms with Crippen molar-refractivity contribution in [2.75, 3.05) is 13.7 Å². The van der Waals surface area contributed by atoms with E-state index in [-0.39, 0.29) is 29.0 Å². The zero-order valence-electron chi connectivity index (χ0n) is 11.3. The van der Waals surface area contributed by atoms with Crippen molar-refractivity contribution in [1.82, 2.24) is 5.32 Å². The van der Waals surface area contributed by atoms with E-state index >= 15 is 0 Å². The Kier molecular flexibility index (Phi) is 4.34. The van der Waals surface area contributed by atoms with Crippen LogP contribution in [0, 0.1) is 16.0 Å². The maximum absolute atomic E-state index is 11.5. The molecular weight excluding hydrogens is 300 g/mol. The summed E-state index contributed by atoms with van der Waals surface area (Å²) in [6, 6.07) is 3.81. The minimum atomic E-state index is -1.20. The van der Waals surface area contributed by atoms with Gasteiger partial charge in [0.15, 0.2) is 5.54 Å². The van der Waals surface area contributed by atoms with Crippen LogP contribution in [0.3, 0.4) is 0 Å². The molecule has 1 aliphatic carbocycles. The number of nitro benzene ring substituents is 1. The van der Waals surface area contributed by atoms with E-state index in [4.69, 9.17) is 16.3 Å². The molecule has 0 aromatic heterocycles. The summed E-state index contributed by atoms with van der Waals surface area (Å²) in [6.07, 6.45) is 1.61. The third kappa shape index (κ3) is 3.08. The van der Waals surface area contributed by atoms with Crippen LogP contribution in [-0.2, 0) is 4.79 Å². The molecule has 0 spiro atoms. The second-order valence-electron chi connectivity index (χ2n) is 4.96. The van der Waals surface area contributed by atoms with Crippen LogP contribution >= 0.6 is 11.6 Å². The Labute approximate surface area is 126 Å². The summed E-state index contributed by atoms with van der Waals surface area (Å²) in [7, 11) is 1.56. The fraction of sp³-hybridized carbons (Fsp3) is 0.462. The number of rotatable bonds is 7. The lowest BCUT2D eigenvalue weighted by molar-refractivity contribution is -0.384. The summed E-state index contributed by atoms with van der Waals surface area (Å²) >= 11 is 5.93. The number of hydrogen-bond acceptors (Lipinski definition) is 5. The number of nitro groups is 1. The van der Waals surface area contributed by atoms with Crippen molar-refractivity contribution in [3.63, 3.8) is 0 Å². The molecule has 0 radical (unpaired) electrons. The van der Waals surface area contributed by atoms with Crippen LogP contribution in [0.2, 0.25) is 5.02 Å². The molecule has 1 fully saturated rings. The highest BCUT2D eigenvalue weighted by Gasteiger charge is 2.51. The van der Waals surface area contributed by atoms with E-state index < -0.39 is 16.4 Å². The summed E-state index contributed by atoms with van der Waals surface area (Å²) < 4.78 is 5.47. The second kappa shape index (κ2) is 5.87. The first-order chi connectivity index (χ1) is 9.90. The van der Waals surface area contributed by atoms with Gasteiger partial charge in [-0.15, -0.1) is 0 Å². The monoisotopic (exact) mass is 314 g/mol. The zero-order valence-corrected chi connectivity index (χ0v) is 12.1. The number of carboxylic acid groups (broad SMARTS) is 1. The van der Waals surface area contributed by atoms with Crippen molar-refractivity contribution in [3.8, 4) is 5.75 Å². The van der Waals surface area contributed by atoms with E-state index in [0.29, 0.717) is 0 Å². The molecule has 1 unspecified atom stereocenters. The average Bonchev–Trinajstić information content (AvgIpc) is 3.26. The smallest absolute Gasteiger partial charge is 0.327 e. The van der Waals surface area contributed by atoms with Crippen LogP contribution in [0.4, 0.5) is 5.69 Å². The first-order valence-electron chi connectivity index (χ1n) is 6.40. The maximum Gasteiger partial charge on any atom is 0.327 e.